The Morgan fingerprint density at radius 3 is 2.74 bits per heavy atom. The number of fused-ring (bicyclic) bond motifs is 1. The van der Waals surface area contributed by atoms with Crippen LogP contribution in [-0.2, 0) is 14.3 Å². The number of imide groups is 1. The van der Waals surface area contributed by atoms with E-state index in [0.717, 1.165) is 0 Å². The number of amidine groups is 1. The molecule has 0 radical (unpaired) electrons. The largest absolute Gasteiger partial charge is 0.468 e. The van der Waals surface area contributed by atoms with E-state index in [1.807, 2.05) is 0 Å². The number of aliphatic imine (C=N–C) groups is 1. The Labute approximate surface area is 114 Å². The van der Waals surface area contributed by atoms with Gasteiger partial charge in [-0.3, -0.25) is 14.9 Å². The van der Waals surface area contributed by atoms with E-state index < -0.39 is 18.2 Å². The molecule has 2 heterocycles. The van der Waals surface area contributed by atoms with E-state index in [0.29, 0.717) is 5.17 Å². The summed E-state index contributed by atoms with van der Waals surface area (Å²) in [7, 11) is 4.59. The summed E-state index contributed by atoms with van der Waals surface area (Å²) in [6, 6.07) is -1.02. The third-order valence-corrected chi connectivity index (χ3v) is 4.04. The van der Waals surface area contributed by atoms with Crippen molar-refractivity contribution in [3.8, 4) is 0 Å². The number of methoxy groups -OCH3 is 1. The molecule has 2 rings (SSSR count). The van der Waals surface area contributed by atoms with E-state index in [4.69, 9.17) is 0 Å². The molecule has 2 unspecified atom stereocenters. The van der Waals surface area contributed by atoms with Crippen molar-refractivity contribution in [2.24, 2.45) is 4.99 Å². The fourth-order valence-corrected chi connectivity index (χ4v) is 2.78. The van der Waals surface area contributed by atoms with Crippen LogP contribution in [0.1, 0.15) is 0 Å². The molecule has 8 nitrogen and oxygen atoms in total. The lowest BCUT2D eigenvalue weighted by atomic mass is 10.1. The lowest BCUT2D eigenvalue weighted by Crippen LogP contribution is -2.63. The number of urea groups is 1. The van der Waals surface area contributed by atoms with Gasteiger partial charge in [-0.25, -0.2) is 9.79 Å². The fraction of sp³-hybridized carbons (Fsp3) is 0.600. The van der Waals surface area contributed by atoms with E-state index in [2.05, 4.69) is 15.0 Å². The molecular formula is C10H14N4O4S. The summed E-state index contributed by atoms with van der Waals surface area (Å²) in [6.07, 6.45) is -0.550. The van der Waals surface area contributed by atoms with E-state index in [1.165, 1.54) is 23.8 Å². The summed E-state index contributed by atoms with van der Waals surface area (Å²) in [4.78, 5) is 41.8. The quantitative estimate of drug-likeness (QED) is 0.660. The Morgan fingerprint density at radius 2 is 2.11 bits per heavy atom. The molecule has 0 aliphatic carbocycles. The maximum atomic E-state index is 11.8. The molecular weight excluding hydrogens is 272 g/mol. The summed E-state index contributed by atoms with van der Waals surface area (Å²) >= 11 is 1.18. The lowest BCUT2D eigenvalue weighted by Gasteiger charge is -2.34. The van der Waals surface area contributed by atoms with Crippen molar-refractivity contribution in [2.45, 2.75) is 12.2 Å². The number of thioether (sulfide) groups is 1. The molecule has 2 aliphatic rings. The Morgan fingerprint density at radius 1 is 1.42 bits per heavy atom. The molecule has 0 aromatic carbocycles. The summed E-state index contributed by atoms with van der Waals surface area (Å²) in [5.74, 6) is -0.642. The molecule has 1 saturated heterocycles. The molecule has 0 bridgehead atoms. The SMILES string of the molecule is COC(=O)CSC1=NC2C(C(=O)NC(=O)N2C)N1C. The van der Waals surface area contributed by atoms with Crippen molar-refractivity contribution in [2.75, 3.05) is 27.0 Å². The molecule has 0 saturated carbocycles. The highest BCUT2D eigenvalue weighted by atomic mass is 32.2. The minimum Gasteiger partial charge on any atom is -0.468 e. The third kappa shape index (κ3) is 2.37. The van der Waals surface area contributed by atoms with E-state index >= 15 is 0 Å². The first kappa shape index (κ1) is 13.7. The van der Waals surface area contributed by atoms with Gasteiger partial charge >= 0.3 is 12.0 Å². The molecule has 3 amide bonds. The molecule has 1 N–H and O–H groups in total. The number of nitrogens with zero attached hydrogens (tertiary/aromatic N) is 3. The topological polar surface area (TPSA) is 91.3 Å². The maximum Gasteiger partial charge on any atom is 0.325 e. The average molecular weight is 286 g/mol. The van der Waals surface area contributed by atoms with Crippen LogP contribution in [0.25, 0.3) is 0 Å². The van der Waals surface area contributed by atoms with Gasteiger partial charge in [-0.15, -0.1) is 0 Å². The summed E-state index contributed by atoms with van der Waals surface area (Å²) in [5, 5.41) is 2.80. The number of rotatable bonds is 2. The highest BCUT2D eigenvalue weighted by Crippen LogP contribution is 2.26. The number of esters is 1. The van der Waals surface area contributed by atoms with Crippen molar-refractivity contribution in [1.29, 1.82) is 0 Å². The molecule has 104 valence electrons. The van der Waals surface area contributed by atoms with Crippen LogP contribution in [0.15, 0.2) is 4.99 Å². The predicted molar refractivity (Wildman–Crippen MR) is 68.5 cm³/mol. The smallest absolute Gasteiger partial charge is 0.325 e. The Hall–Kier alpha value is -1.77. The van der Waals surface area contributed by atoms with Crippen LogP contribution in [0.4, 0.5) is 4.79 Å². The highest BCUT2D eigenvalue weighted by Gasteiger charge is 2.47. The Kier molecular flexibility index (Phi) is 3.65. The van der Waals surface area contributed by atoms with Crippen molar-refractivity contribution < 1.29 is 19.1 Å². The van der Waals surface area contributed by atoms with Crippen molar-refractivity contribution in [3.05, 3.63) is 0 Å². The summed E-state index contributed by atoms with van der Waals surface area (Å²) in [6.45, 7) is 0. The number of carbonyl (C=O) groups excluding carboxylic acids is 3. The Bertz CT molecular complexity index is 466. The van der Waals surface area contributed by atoms with Crippen LogP contribution < -0.4 is 5.32 Å². The standard InChI is InChI=1S/C10H14N4O4S/c1-13-6-7(14(2)9(17)12-8(6)16)11-10(13)19-4-5(15)18-3/h6-7H,4H2,1-3H3,(H,12,16,17). The van der Waals surface area contributed by atoms with Gasteiger partial charge in [0.15, 0.2) is 17.4 Å². The van der Waals surface area contributed by atoms with Crippen molar-refractivity contribution in [3.63, 3.8) is 0 Å². The van der Waals surface area contributed by atoms with Gasteiger partial charge < -0.3 is 14.5 Å². The van der Waals surface area contributed by atoms with Crippen molar-refractivity contribution >= 4 is 34.8 Å². The number of nitrogens with one attached hydrogen (secondary N) is 1. The zero-order chi connectivity index (χ0) is 14.2. The van der Waals surface area contributed by atoms with Crippen LogP contribution >= 0.6 is 11.8 Å². The summed E-state index contributed by atoms with van der Waals surface area (Å²) < 4.78 is 4.55. The minimum absolute atomic E-state index is 0.110. The highest BCUT2D eigenvalue weighted by molar-refractivity contribution is 8.14. The number of hydrogen-bond acceptors (Lipinski definition) is 7. The molecule has 9 heteroatoms. The molecule has 0 spiro atoms. The fourth-order valence-electron chi connectivity index (χ4n) is 1.91. The van der Waals surface area contributed by atoms with E-state index in [9.17, 15) is 14.4 Å². The van der Waals surface area contributed by atoms with Gasteiger partial charge in [-0.1, -0.05) is 11.8 Å². The molecule has 0 aromatic heterocycles. The second-order valence-corrected chi connectivity index (χ2v) is 5.09. The molecule has 19 heavy (non-hydrogen) atoms. The first-order valence-corrected chi connectivity index (χ1v) is 6.52. The average Bonchev–Trinajstić information content (AvgIpc) is 2.71. The van der Waals surface area contributed by atoms with Crippen molar-refractivity contribution in [1.82, 2.24) is 15.1 Å². The number of likely N-dealkylation sites (N-methyl/N-ethyl adjacent to an activating group) is 2. The second-order valence-electron chi connectivity index (χ2n) is 4.15. The van der Waals surface area contributed by atoms with Gasteiger partial charge in [0, 0.05) is 14.1 Å². The number of hydrogen-bond donors (Lipinski definition) is 1. The first-order valence-electron chi connectivity index (χ1n) is 5.53. The van der Waals surface area contributed by atoms with Gasteiger partial charge in [-0.05, 0) is 0 Å². The number of amides is 3. The lowest BCUT2D eigenvalue weighted by molar-refractivity contribution is -0.137. The normalized spacial score (nSPS) is 25.9. The monoisotopic (exact) mass is 286 g/mol. The minimum atomic E-state index is -0.553. The Balaban J connectivity index is 2.13. The van der Waals surface area contributed by atoms with Gasteiger partial charge in [0.1, 0.15) is 0 Å². The van der Waals surface area contributed by atoms with Gasteiger partial charge in [0.2, 0.25) is 0 Å². The zero-order valence-electron chi connectivity index (χ0n) is 10.7. The maximum absolute atomic E-state index is 11.8. The molecule has 2 atom stereocenters. The molecule has 1 fully saturated rings. The second kappa shape index (κ2) is 5.08. The van der Waals surface area contributed by atoms with Crippen LogP contribution in [0.3, 0.4) is 0 Å². The van der Waals surface area contributed by atoms with Crippen LogP contribution in [0, 0.1) is 0 Å². The summed E-state index contributed by atoms with van der Waals surface area (Å²) in [5.41, 5.74) is 0. The van der Waals surface area contributed by atoms with Gasteiger partial charge in [0.05, 0.1) is 12.9 Å². The predicted octanol–water partition coefficient (Wildman–Crippen LogP) is -0.930. The third-order valence-electron chi connectivity index (χ3n) is 3.01. The van der Waals surface area contributed by atoms with E-state index in [-0.39, 0.29) is 17.6 Å². The zero-order valence-corrected chi connectivity index (χ0v) is 11.6. The van der Waals surface area contributed by atoms with Crippen LogP contribution in [0.2, 0.25) is 0 Å². The van der Waals surface area contributed by atoms with Crippen LogP contribution in [0.5, 0.6) is 0 Å². The van der Waals surface area contributed by atoms with Gasteiger partial charge in [0.25, 0.3) is 5.91 Å². The number of carbonyl (C=O) groups is 3. The molecule has 2 aliphatic heterocycles. The first-order chi connectivity index (χ1) is 8.95. The molecule has 0 aromatic rings. The number of ether oxygens (including phenoxy) is 1. The van der Waals surface area contributed by atoms with E-state index in [1.54, 1.807) is 19.0 Å². The van der Waals surface area contributed by atoms with Gasteiger partial charge in [-0.2, -0.15) is 0 Å². The van der Waals surface area contributed by atoms with Crippen LogP contribution in [-0.4, -0.2) is 72.0 Å².